The summed E-state index contributed by atoms with van der Waals surface area (Å²) in [5.41, 5.74) is 2.97. The van der Waals surface area contributed by atoms with E-state index in [2.05, 4.69) is 5.16 Å². The number of piperidine rings is 1. The fourth-order valence-corrected chi connectivity index (χ4v) is 4.17. The lowest BCUT2D eigenvalue weighted by molar-refractivity contribution is -0.131. The second kappa shape index (κ2) is 11.5. The SMILES string of the molecule is N#Cc1cc(CON=C2CCN(C(=O)CC(c3ccc(F)cc3)c3ccc(F)cc3)CC2)ccc1F. The predicted octanol–water partition coefficient (Wildman–Crippen LogP) is 5.69. The van der Waals surface area contributed by atoms with Gasteiger partial charge in [-0.3, -0.25) is 4.79 Å². The Labute approximate surface area is 207 Å². The zero-order chi connectivity index (χ0) is 25.5. The van der Waals surface area contributed by atoms with Crippen LogP contribution in [0.5, 0.6) is 0 Å². The molecule has 0 aliphatic carbocycles. The molecule has 0 N–H and O–H groups in total. The van der Waals surface area contributed by atoms with Crippen LogP contribution in [-0.4, -0.2) is 29.6 Å². The Morgan fingerprint density at radius 2 is 1.53 bits per heavy atom. The van der Waals surface area contributed by atoms with Gasteiger partial charge in [-0.05, 0) is 53.1 Å². The molecule has 184 valence electrons. The number of nitriles is 1. The summed E-state index contributed by atoms with van der Waals surface area (Å²) in [5.74, 6) is -1.68. The van der Waals surface area contributed by atoms with Crippen molar-refractivity contribution in [2.75, 3.05) is 13.1 Å². The van der Waals surface area contributed by atoms with Crippen molar-refractivity contribution in [1.82, 2.24) is 4.90 Å². The zero-order valence-electron chi connectivity index (χ0n) is 19.5. The molecule has 1 saturated heterocycles. The Morgan fingerprint density at radius 3 is 2.08 bits per heavy atom. The van der Waals surface area contributed by atoms with Crippen molar-refractivity contribution in [2.45, 2.75) is 31.8 Å². The first kappa shape index (κ1) is 25.0. The fraction of sp³-hybridized carbons (Fsp3) is 0.250. The van der Waals surface area contributed by atoms with E-state index in [-0.39, 0.29) is 42.1 Å². The fourth-order valence-electron chi connectivity index (χ4n) is 4.17. The van der Waals surface area contributed by atoms with E-state index in [1.54, 1.807) is 35.2 Å². The van der Waals surface area contributed by atoms with Gasteiger partial charge in [0.15, 0.2) is 0 Å². The standard InChI is InChI=1S/C28H24F3N3O2/c29-23-6-2-20(3-7-23)26(21-4-8-24(30)9-5-21)16-28(35)34-13-11-25(12-14-34)33-36-18-19-1-10-27(31)22(15-19)17-32/h1-10,15,26H,11-14,16,18H2. The van der Waals surface area contributed by atoms with E-state index in [4.69, 9.17) is 10.1 Å². The molecule has 1 fully saturated rings. The van der Waals surface area contributed by atoms with Gasteiger partial charge in [0.25, 0.3) is 0 Å². The van der Waals surface area contributed by atoms with E-state index >= 15 is 0 Å². The van der Waals surface area contributed by atoms with Crippen LogP contribution in [0.3, 0.4) is 0 Å². The second-order valence-electron chi connectivity index (χ2n) is 8.60. The molecule has 3 aromatic rings. The highest BCUT2D eigenvalue weighted by Gasteiger charge is 2.25. The predicted molar refractivity (Wildman–Crippen MR) is 128 cm³/mol. The first-order valence-corrected chi connectivity index (χ1v) is 11.6. The van der Waals surface area contributed by atoms with Crippen LogP contribution in [0, 0.1) is 28.8 Å². The molecule has 0 saturated carbocycles. The number of nitrogens with zero attached hydrogens (tertiary/aromatic N) is 3. The summed E-state index contributed by atoms with van der Waals surface area (Å²) >= 11 is 0. The van der Waals surface area contributed by atoms with Crippen LogP contribution in [0.1, 0.15) is 47.4 Å². The summed E-state index contributed by atoms with van der Waals surface area (Å²) in [6.45, 7) is 1.07. The van der Waals surface area contributed by atoms with E-state index in [1.807, 2.05) is 0 Å². The topological polar surface area (TPSA) is 65.7 Å². The maximum atomic E-state index is 13.5. The molecule has 0 unspecified atom stereocenters. The number of carbonyl (C=O) groups is 1. The Bertz CT molecular complexity index is 1230. The molecule has 0 atom stereocenters. The highest BCUT2D eigenvalue weighted by molar-refractivity contribution is 5.87. The van der Waals surface area contributed by atoms with Crippen molar-refractivity contribution in [2.24, 2.45) is 5.16 Å². The summed E-state index contributed by atoms with van der Waals surface area (Å²) < 4.78 is 40.3. The lowest BCUT2D eigenvalue weighted by atomic mass is 9.88. The van der Waals surface area contributed by atoms with E-state index in [9.17, 15) is 18.0 Å². The summed E-state index contributed by atoms with van der Waals surface area (Å²) in [5, 5.41) is 13.1. The normalized spacial score (nSPS) is 13.4. The monoisotopic (exact) mass is 491 g/mol. The molecule has 1 heterocycles. The summed E-state index contributed by atoms with van der Waals surface area (Å²) in [7, 11) is 0. The molecule has 0 radical (unpaired) electrons. The van der Waals surface area contributed by atoms with Crippen LogP contribution in [0.25, 0.3) is 0 Å². The van der Waals surface area contributed by atoms with E-state index in [1.165, 1.54) is 42.5 Å². The van der Waals surface area contributed by atoms with Gasteiger partial charge in [0.1, 0.15) is 30.1 Å². The van der Waals surface area contributed by atoms with E-state index in [0.29, 0.717) is 31.5 Å². The molecule has 0 aromatic heterocycles. The third-order valence-electron chi connectivity index (χ3n) is 6.19. The Hall–Kier alpha value is -4.12. The lowest BCUT2D eigenvalue weighted by Gasteiger charge is -2.29. The van der Waals surface area contributed by atoms with E-state index < -0.39 is 5.82 Å². The lowest BCUT2D eigenvalue weighted by Crippen LogP contribution is -2.39. The van der Waals surface area contributed by atoms with Crippen molar-refractivity contribution in [3.05, 3.63) is 106 Å². The number of likely N-dealkylation sites (tertiary alicyclic amines) is 1. The molecule has 1 aliphatic heterocycles. The van der Waals surface area contributed by atoms with Gasteiger partial charge in [0.05, 0.1) is 11.3 Å². The van der Waals surface area contributed by atoms with Gasteiger partial charge < -0.3 is 9.74 Å². The van der Waals surface area contributed by atoms with Crippen molar-refractivity contribution >= 4 is 11.6 Å². The summed E-state index contributed by atoms with van der Waals surface area (Å²) in [4.78, 5) is 20.3. The third-order valence-corrected chi connectivity index (χ3v) is 6.19. The Morgan fingerprint density at radius 1 is 0.944 bits per heavy atom. The number of halogens is 3. The zero-order valence-corrected chi connectivity index (χ0v) is 19.5. The largest absolute Gasteiger partial charge is 0.391 e. The number of carbonyl (C=O) groups excluding carboxylic acids is 1. The Balaban J connectivity index is 1.35. The molecule has 0 spiro atoms. The number of hydrogen-bond acceptors (Lipinski definition) is 4. The van der Waals surface area contributed by atoms with Crippen LogP contribution in [0.4, 0.5) is 13.2 Å². The van der Waals surface area contributed by atoms with Gasteiger partial charge >= 0.3 is 0 Å². The molecule has 3 aromatic carbocycles. The number of rotatable bonds is 7. The highest BCUT2D eigenvalue weighted by atomic mass is 19.1. The average Bonchev–Trinajstić information content (AvgIpc) is 2.90. The number of benzene rings is 3. The number of oxime groups is 1. The molecule has 1 aliphatic rings. The quantitative estimate of drug-likeness (QED) is 0.399. The molecule has 0 bridgehead atoms. The smallest absolute Gasteiger partial charge is 0.223 e. The van der Waals surface area contributed by atoms with Crippen LogP contribution >= 0.6 is 0 Å². The number of amides is 1. The molecular weight excluding hydrogens is 467 g/mol. The minimum atomic E-state index is -0.578. The van der Waals surface area contributed by atoms with Crippen molar-refractivity contribution in [3.63, 3.8) is 0 Å². The van der Waals surface area contributed by atoms with Crippen molar-refractivity contribution < 1.29 is 22.8 Å². The van der Waals surface area contributed by atoms with Crippen LogP contribution in [-0.2, 0) is 16.2 Å². The van der Waals surface area contributed by atoms with Gasteiger partial charge in [-0.25, -0.2) is 13.2 Å². The van der Waals surface area contributed by atoms with E-state index in [0.717, 1.165) is 16.8 Å². The minimum Gasteiger partial charge on any atom is -0.391 e. The van der Waals surface area contributed by atoms with Crippen molar-refractivity contribution in [3.8, 4) is 6.07 Å². The molecule has 1 amide bonds. The Kier molecular flexibility index (Phi) is 8.01. The van der Waals surface area contributed by atoms with Gasteiger partial charge in [0, 0.05) is 38.3 Å². The molecule has 4 rings (SSSR count). The molecular formula is C28H24F3N3O2. The first-order chi connectivity index (χ1) is 17.4. The maximum Gasteiger partial charge on any atom is 0.223 e. The minimum absolute atomic E-state index is 0.0462. The molecule has 8 heteroatoms. The van der Waals surface area contributed by atoms with Crippen molar-refractivity contribution in [1.29, 1.82) is 5.26 Å². The molecule has 36 heavy (non-hydrogen) atoms. The third kappa shape index (κ3) is 6.30. The summed E-state index contributed by atoms with van der Waals surface area (Å²) in [6, 6.07) is 18.0. The van der Waals surface area contributed by atoms with Gasteiger partial charge in [-0.1, -0.05) is 35.5 Å². The van der Waals surface area contributed by atoms with Gasteiger partial charge in [-0.15, -0.1) is 0 Å². The molecule has 5 nitrogen and oxygen atoms in total. The summed E-state index contributed by atoms with van der Waals surface area (Å²) in [6.07, 6.45) is 1.28. The second-order valence-corrected chi connectivity index (χ2v) is 8.60. The highest BCUT2D eigenvalue weighted by Crippen LogP contribution is 2.30. The number of hydrogen-bond donors (Lipinski definition) is 0. The van der Waals surface area contributed by atoms with Crippen LogP contribution < -0.4 is 0 Å². The van der Waals surface area contributed by atoms with Crippen LogP contribution in [0.15, 0.2) is 71.9 Å². The van der Waals surface area contributed by atoms with Gasteiger partial charge in [-0.2, -0.15) is 5.26 Å². The first-order valence-electron chi connectivity index (χ1n) is 11.6. The maximum absolute atomic E-state index is 13.5. The average molecular weight is 492 g/mol. The van der Waals surface area contributed by atoms with Crippen LogP contribution in [0.2, 0.25) is 0 Å². The van der Waals surface area contributed by atoms with Gasteiger partial charge in [0.2, 0.25) is 5.91 Å².